The highest BCUT2D eigenvalue weighted by atomic mass is 32.2. The van der Waals surface area contributed by atoms with Crippen LogP contribution in [0.25, 0.3) is 0 Å². The van der Waals surface area contributed by atoms with Gasteiger partial charge >= 0.3 is 0 Å². The summed E-state index contributed by atoms with van der Waals surface area (Å²) in [6.07, 6.45) is 5.77. The van der Waals surface area contributed by atoms with Gasteiger partial charge in [0.15, 0.2) is 5.76 Å². The highest BCUT2D eigenvalue weighted by Crippen LogP contribution is 2.40. The highest BCUT2D eigenvalue weighted by Gasteiger charge is 2.36. The van der Waals surface area contributed by atoms with Gasteiger partial charge in [0.25, 0.3) is 5.91 Å². The number of thioether (sulfide) groups is 1. The monoisotopic (exact) mass is 320 g/mol. The van der Waals surface area contributed by atoms with E-state index in [9.17, 15) is 4.79 Å². The van der Waals surface area contributed by atoms with E-state index in [2.05, 4.69) is 15.4 Å². The van der Waals surface area contributed by atoms with Crippen LogP contribution in [0.1, 0.15) is 47.9 Å². The molecule has 7 heteroatoms. The number of nitrogens with zero attached hydrogens (tertiary/aromatic N) is 3. The maximum absolute atomic E-state index is 12.4. The van der Waals surface area contributed by atoms with Gasteiger partial charge in [-0.25, -0.2) is 9.67 Å². The predicted octanol–water partition coefficient (Wildman–Crippen LogP) is 2.64. The van der Waals surface area contributed by atoms with E-state index in [0.717, 1.165) is 36.7 Å². The topological polar surface area (TPSA) is 73.0 Å². The molecule has 0 bridgehead atoms. The lowest BCUT2D eigenvalue weighted by molar-refractivity contribution is 0.0899. The minimum atomic E-state index is -0.185. The number of carbonyl (C=O) groups is 1. The summed E-state index contributed by atoms with van der Waals surface area (Å²) in [5, 5.41) is 7.27. The molecule has 22 heavy (non-hydrogen) atoms. The molecule has 2 heterocycles. The van der Waals surface area contributed by atoms with E-state index in [1.807, 2.05) is 23.9 Å². The number of amides is 1. The molecule has 0 unspecified atom stereocenters. The summed E-state index contributed by atoms with van der Waals surface area (Å²) in [6, 6.07) is 3.49. The molecular weight excluding hydrogens is 300 g/mol. The van der Waals surface area contributed by atoms with Gasteiger partial charge in [0, 0.05) is 6.54 Å². The molecule has 0 spiro atoms. The van der Waals surface area contributed by atoms with E-state index in [0.29, 0.717) is 11.7 Å². The molecule has 1 fully saturated rings. The molecule has 0 aliphatic heterocycles. The second kappa shape index (κ2) is 6.56. The third-order valence-electron chi connectivity index (χ3n) is 3.78. The van der Waals surface area contributed by atoms with Crippen LogP contribution in [0.4, 0.5) is 0 Å². The summed E-state index contributed by atoms with van der Waals surface area (Å²) in [5.74, 6) is 3.03. The molecule has 0 radical (unpaired) electrons. The van der Waals surface area contributed by atoms with Crippen LogP contribution < -0.4 is 5.32 Å². The second-order valence-electron chi connectivity index (χ2n) is 5.42. The quantitative estimate of drug-likeness (QED) is 0.849. The molecule has 2 aromatic heterocycles. The molecule has 0 saturated heterocycles. The first-order valence-electron chi connectivity index (χ1n) is 7.49. The lowest BCUT2D eigenvalue weighted by atomic mass is 10.1. The lowest BCUT2D eigenvalue weighted by Crippen LogP contribution is -2.31. The number of rotatable bonds is 7. The molecule has 1 aliphatic carbocycles. The number of hydrogen-bond donors (Lipinski definition) is 1. The van der Waals surface area contributed by atoms with Gasteiger partial charge in [0.1, 0.15) is 17.9 Å². The Balaban J connectivity index is 1.74. The zero-order valence-electron chi connectivity index (χ0n) is 12.8. The van der Waals surface area contributed by atoms with Crippen molar-refractivity contribution in [3.8, 4) is 0 Å². The lowest BCUT2D eigenvalue weighted by Gasteiger charge is -2.17. The number of aryl methyl sites for hydroxylation is 1. The Morgan fingerprint density at radius 3 is 3.05 bits per heavy atom. The summed E-state index contributed by atoms with van der Waals surface area (Å²) in [7, 11) is 0. The summed E-state index contributed by atoms with van der Waals surface area (Å²) in [6.45, 7) is 2.76. The molecule has 1 aliphatic rings. The maximum atomic E-state index is 12.4. The van der Waals surface area contributed by atoms with E-state index in [1.165, 1.54) is 0 Å². The fourth-order valence-electron chi connectivity index (χ4n) is 2.51. The van der Waals surface area contributed by atoms with Crippen molar-refractivity contribution in [1.29, 1.82) is 0 Å². The van der Waals surface area contributed by atoms with Crippen LogP contribution >= 0.6 is 11.8 Å². The van der Waals surface area contributed by atoms with E-state index < -0.39 is 0 Å². The molecule has 3 rings (SSSR count). The van der Waals surface area contributed by atoms with Crippen molar-refractivity contribution in [3.05, 3.63) is 35.8 Å². The largest absolute Gasteiger partial charge is 0.455 e. The van der Waals surface area contributed by atoms with Crippen molar-refractivity contribution in [1.82, 2.24) is 20.1 Å². The highest BCUT2D eigenvalue weighted by molar-refractivity contribution is 7.97. The van der Waals surface area contributed by atoms with Crippen molar-refractivity contribution >= 4 is 17.7 Å². The minimum absolute atomic E-state index is 0.0935. The smallest absolute Gasteiger partial charge is 0.287 e. The Labute approximate surface area is 133 Å². The van der Waals surface area contributed by atoms with Crippen LogP contribution in [0.3, 0.4) is 0 Å². The second-order valence-corrected chi connectivity index (χ2v) is 6.29. The molecule has 1 saturated carbocycles. The van der Waals surface area contributed by atoms with E-state index in [-0.39, 0.29) is 11.9 Å². The third kappa shape index (κ3) is 3.19. The van der Waals surface area contributed by atoms with Crippen molar-refractivity contribution in [2.24, 2.45) is 5.92 Å². The van der Waals surface area contributed by atoms with Crippen LogP contribution in [0.2, 0.25) is 0 Å². The van der Waals surface area contributed by atoms with Crippen molar-refractivity contribution < 1.29 is 9.21 Å². The van der Waals surface area contributed by atoms with Gasteiger partial charge in [-0.1, -0.05) is 0 Å². The number of carbonyl (C=O) groups excluding carboxylic acids is 1. The Morgan fingerprint density at radius 1 is 1.55 bits per heavy atom. The van der Waals surface area contributed by atoms with Crippen LogP contribution in [0, 0.1) is 5.92 Å². The normalized spacial score (nSPS) is 15.7. The van der Waals surface area contributed by atoms with Gasteiger partial charge < -0.3 is 9.73 Å². The third-order valence-corrected chi connectivity index (χ3v) is 4.35. The summed E-state index contributed by atoms with van der Waals surface area (Å²) >= 11 is 1.66. The van der Waals surface area contributed by atoms with E-state index >= 15 is 0 Å². The number of aromatic nitrogens is 3. The molecule has 0 aromatic carbocycles. The van der Waals surface area contributed by atoms with Crippen molar-refractivity contribution in [2.45, 2.75) is 38.1 Å². The SMILES string of the molecule is CCn1ncnc1[C@@H](NC(=O)c1ccc(CSC)o1)C1CC1. The van der Waals surface area contributed by atoms with Crippen LogP contribution in [-0.4, -0.2) is 26.9 Å². The molecule has 1 amide bonds. The van der Waals surface area contributed by atoms with Gasteiger partial charge in [-0.2, -0.15) is 16.9 Å². The average molecular weight is 320 g/mol. The first-order chi connectivity index (χ1) is 10.7. The molecule has 6 nitrogen and oxygen atoms in total. The van der Waals surface area contributed by atoms with Crippen LogP contribution in [0.5, 0.6) is 0 Å². The Morgan fingerprint density at radius 2 is 2.36 bits per heavy atom. The molecular formula is C15H20N4O2S. The molecule has 1 N–H and O–H groups in total. The number of nitrogens with one attached hydrogen (secondary N) is 1. The van der Waals surface area contributed by atoms with Crippen molar-refractivity contribution in [3.63, 3.8) is 0 Å². The fourth-order valence-corrected chi connectivity index (χ4v) is 2.95. The minimum Gasteiger partial charge on any atom is -0.455 e. The average Bonchev–Trinajstić information content (AvgIpc) is 3.06. The van der Waals surface area contributed by atoms with E-state index in [4.69, 9.17) is 4.42 Å². The zero-order chi connectivity index (χ0) is 15.5. The van der Waals surface area contributed by atoms with Gasteiger partial charge in [0.05, 0.1) is 11.8 Å². The molecule has 118 valence electrons. The van der Waals surface area contributed by atoms with Crippen LogP contribution in [0.15, 0.2) is 22.9 Å². The van der Waals surface area contributed by atoms with Crippen LogP contribution in [-0.2, 0) is 12.3 Å². The molecule has 2 aromatic rings. The summed E-state index contributed by atoms with van der Waals surface area (Å²) in [4.78, 5) is 16.8. The van der Waals surface area contributed by atoms with Gasteiger partial charge in [0.2, 0.25) is 0 Å². The number of furan rings is 1. The maximum Gasteiger partial charge on any atom is 0.287 e. The summed E-state index contributed by atoms with van der Waals surface area (Å²) < 4.78 is 7.42. The Bertz CT molecular complexity index is 648. The standard InChI is InChI=1S/C15H20N4O2S/c1-3-19-14(16-9-17-19)13(10-4-5-10)18-15(20)12-7-6-11(21-12)8-22-2/h6-7,9-10,13H,3-5,8H2,1-2H3,(H,18,20)/t13-/m0/s1. The Kier molecular flexibility index (Phi) is 4.52. The first kappa shape index (κ1) is 15.1. The van der Waals surface area contributed by atoms with Gasteiger partial charge in [-0.3, -0.25) is 4.79 Å². The predicted molar refractivity (Wildman–Crippen MR) is 84.6 cm³/mol. The van der Waals surface area contributed by atoms with Crippen molar-refractivity contribution in [2.75, 3.05) is 6.26 Å². The fraction of sp³-hybridized carbons (Fsp3) is 0.533. The zero-order valence-corrected chi connectivity index (χ0v) is 13.6. The Hall–Kier alpha value is -1.76. The van der Waals surface area contributed by atoms with Gasteiger partial charge in [-0.15, -0.1) is 0 Å². The number of hydrogen-bond acceptors (Lipinski definition) is 5. The van der Waals surface area contributed by atoms with E-state index in [1.54, 1.807) is 24.2 Å². The summed E-state index contributed by atoms with van der Waals surface area (Å²) in [5.41, 5.74) is 0. The molecule has 1 atom stereocenters. The van der Waals surface area contributed by atoms with Gasteiger partial charge in [-0.05, 0) is 44.1 Å². The first-order valence-corrected chi connectivity index (χ1v) is 8.88.